The summed E-state index contributed by atoms with van der Waals surface area (Å²) < 4.78 is 5.30. The minimum absolute atomic E-state index is 0. The Kier molecular flexibility index (Phi) is 8.54. The summed E-state index contributed by atoms with van der Waals surface area (Å²) in [5.41, 5.74) is 0. The predicted molar refractivity (Wildman–Crippen MR) is 67.6 cm³/mol. The van der Waals surface area contributed by atoms with E-state index in [9.17, 15) is 4.79 Å². The first-order valence-corrected chi connectivity index (χ1v) is 5.90. The number of carbonyl (C=O) groups is 1. The summed E-state index contributed by atoms with van der Waals surface area (Å²) in [5, 5.41) is 3.43. The third-order valence-corrected chi connectivity index (χ3v) is 2.38. The van der Waals surface area contributed by atoms with Gasteiger partial charge in [-0.25, -0.2) is 0 Å². The lowest BCUT2D eigenvalue weighted by atomic mass is 10.3. The molecule has 4 nitrogen and oxygen atoms in total. The Morgan fingerprint density at radius 2 is 1.94 bits per heavy atom. The molecule has 18 heavy (non-hydrogen) atoms. The van der Waals surface area contributed by atoms with Crippen molar-refractivity contribution in [3.63, 3.8) is 0 Å². The quantitative estimate of drug-likeness (QED) is 0.586. The Hall–Kier alpha value is -0.970. The lowest BCUT2D eigenvalue weighted by Crippen LogP contribution is -3.06. The molecule has 0 atom stereocenters. The van der Waals surface area contributed by atoms with E-state index < -0.39 is 0 Å². The molecule has 0 bridgehead atoms. The van der Waals surface area contributed by atoms with Gasteiger partial charge < -0.3 is 27.4 Å². The van der Waals surface area contributed by atoms with Gasteiger partial charge in [0, 0.05) is 5.02 Å². The predicted octanol–water partition coefficient (Wildman–Crippen LogP) is -3.02. The third-order valence-electron chi connectivity index (χ3n) is 2.13. The van der Waals surface area contributed by atoms with Gasteiger partial charge in [-0.15, -0.1) is 0 Å². The van der Waals surface area contributed by atoms with E-state index in [1.54, 1.807) is 24.3 Å². The number of rotatable bonds is 6. The van der Waals surface area contributed by atoms with E-state index in [4.69, 9.17) is 16.3 Å². The van der Waals surface area contributed by atoms with Crippen LogP contribution >= 0.6 is 11.6 Å². The summed E-state index contributed by atoms with van der Waals surface area (Å²) in [7, 11) is 4.08. The van der Waals surface area contributed by atoms with Crippen LogP contribution in [0.2, 0.25) is 5.02 Å². The fourth-order valence-corrected chi connectivity index (χ4v) is 1.31. The van der Waals surface area contributed by atoms with Crippen LogP contribution in [-0.2, 0) is 4.79 Å². The van der Waals surface area contributed by atoms with Crippen LogP contribution in [0.1, 0.15) is 0 Å². The molecule has 0 saturated carbocycles. The van der Waals surface area contributed by atoms with E-state index in [0.29, 0.717) is 17.3 Å². The number of carbonyl (C=O) groups excluding carboxylic acids is 1. The molecule has 0 aliphatic heterocycles. The van der Waals surface area contributed by atoms with Gasteiger partial charge in [0.2, 0.25) is 0 Å². The van der Waals surface area contributed by atoms with Gasteiger partial charge >= 0.3 is 0 Å². The molecular formula is C12H18Cl2N2O2. The Bertz CT molecular complexity index is 356. The van der Waals surface area contributed by atoms with Crippen molar-refractivity contribution in [2.75, 3.05) is 33.8 Å². The Balaban J connectivity index is 0.00000289. The maximum absolute atomic E-state index is 11.4. The number of nitrogens with one attached hydrogen (secondary N) is 2. The topological polar surface area (TPSA) is 42.8 Å². The van der Waals surface area contributed by atoms with Crippen molar-refractivity contribution in [2.45, 2.75) is 0 Å². The highest BCUT2D eigenvalue weighted by Crippen LogP contribution is 2.15. The number of hydrogen-bond donors (Lipinski definition) is 2. The number of likely N-dealkylation sites (N-methyl/N-ethyl adjacent to an activating group) is 1. The molecule has 2 N–H and O–H groups in total. The molecule has 1 aromatic rings. The van der Waals surface area contributed by atoms with Crippen LogP contribution in [0, 0.1) is 0 Å². The van der Waals surface area contributed by atoms with Crippen LogP contribution in [0.15, 0.2) is 24.3 Å². The van der Waals surface area contributed by atoms with Gasteiger partial charge in [0.1, 0.15) is 5.75 Å². The second kappa shape index (κ2) is 9.03. The molecule has 1 rings (SSSR count). The lowest BCUT2D eigenvalue weighted by Gasteiger charge is -2.09. The summed E-state index contributed by atoms with van der Waals surface area (Å²) in [6, 6.07) is 6.92. The minimum atomic E-state index is -0.110. The van der Waals surface area contributed by atoms with Crippen molar-refractivity contribution in [3.8, 4) is 5.75 Å². The van der Waals surface area contributed by atoms with Crippen molar-refractivity contribution in [1.82, 2.24) is 5.32 Å². The molecule has 0 heterocycles. The zero-order valence-corrected chi connectivity index (χ0v) is 12.0. The van der Waals surface area contributed by atoms with Gasteiger partial charge in [0.05, 0.1) is 27.2 Å². The van der Waals surface area contributed by atoms with Crippen LogP contribution in [0.25, 0.3) is 0 Å². The normalized spacial score (nSPS) is 9.78. The van der Waals surface area contributed by atoms with Crippen LogP contribution in [0.4, 0.5) is 0 Å². The van der Waals surface area contributed by atoms with Crippen LogP contribution in [-0.4, -0.2) is 39.7 Å². The van der Waals surface area contributed by atoms with Crippen molar-refractivity contribution in [3.05, 3.63) is 29.3 Å². The average Bonchev–Trinajstić information content (AvgIpc) is 2.28. The highest BCUT2D eigenvalue weighted by Gasteiger charge is 2.03. The van der Waals surface area contributed by atoms with E-state index in [2.05, 4.69) is 5.32 Å². The van der Waals surface area contributed by atoms with Crippen molar-refractivity contribution in [2.24, 2.45) is 0 Å². The van der Waals surface area contributed by atoms with Gasteiger partial charge in [-0.1, -0.05) is 11.6 Å². The molecule has 1 aromatic carbocycles. The Morgan fingerprint density at radius 1 is 1.33 bits per heavy atom. The molecule has 0 aliphatic carbocycles. The fourth-order valence-electron chi connectivity index (χ4n) is 1.18. The maximum Gasteiger partial charge on any atom is 0.258 e. The van der Waals surface area contributed by atoms with Gasteiger partial charge in [-0.3, -0.25) is 4.79 Å². The molecule has 0 aromatic heterocycles. The lowest BCUT2D eigenvalue weighted by molar-refractivity contribution is -0.856. The maximum atomic E-state index is 11.4. The number of amides is 1. The molecule has 0 aliphatic rings. The fraction of sp³-hybridized carbons (Fsp3) is 0.417. The zero-order chi connectivity index (χ0) is 12.7. The zero-order valence-electron chi connectivity index (χ0n) is 10.5. The smallest absolute Gasteiger partial charge is 0.258 e. The SMILES string of the molecule is C[NH+](C)CCNC(=O)COc1ccc(Cl)cc1.[Cl-]. The van der Waals surface area contributed by atoms with Crippen LogP contribution in [0.5, 0.6) is 5.75 Å². The molecule has 1 amide bonds. The van der Waals surface area contributed by atoms with Crippen LogP contribution < -0.4 is 27.4 Å². The van der Waals surface area contributed by atoms with E-state index in [0.717, 1.165) is 6.54 Å². The second-order valence-electron chi connectivity index (χ2n) is 4.05. The first kappa shape index (κ1) is 17.0. The standard InChI is InChI=1S/C12H17ClN2O2.ClH/c1-15(2)8-7-14-12(16)9-17-11-5-3-10(13)4-6-11;/h3-6H,7-9H2,1-2H3,(H,14,16);1H. The first-order valence-electron chi connectivity index (χ1n) is 5.52. The van der Waals surface area contributed by atoms with E-state index in [1.807, 2.05) is 14.1 Å². The second-order valence-corrected chi connectivity index (χ2v) is 4.49. The Morgan fingerprint density at radius 3 is 2.50 bits per heavy atom. The number of hydrogen-bond acceptors (Lipinski definition) is 2. The van der Waals surface area contributed by atoms with E-state index in [1.165, 1.54) is 4.90 Å². The summed E-state index contributed by atoms with van der Waals surface area (Å²) >= 11 is 5.74. The average molecular weight is 293 g/mol. The number of ether oxygens (including phenoxy) is 1. The number of benzene rings is 1. The first-order chi connectivity index (χ1) is 8.08. The van der Waals surface area contributed by atoms with Gasteiger partial charge in [-0.05, 0) is 24.3 Å². The molecule has 102 valence electrons. The molecule has 0 spiro atoms. The minimum Gasteiger partial charge on any atom is -1.00 e. The monoisotopic (exact) mass is 292 g/mol. The van der Waals surface area contributed by atoms with E-state index in [-0.39, 0.29) is 24.9 Å². The molecule has 0 radical (unpaired) electrons. The molecule has 6 heteroatoms. The summed E-state index contributed by atoms with van der Waals surface area (Å²) in [4.78, 5) is 12.7. The Labute approximate surface area is 119 Å². The molecule has 0 fully saturated rings. The summed E-state index contributed by atoms with van der Waals surface area (Å²) in [6.07, 6.45) is 0. The number of quaternary nitrogens is 1. The molecule has 0 saturated heterocycles. The summed E-state index contributed by atoms with van der Waals surface area (Å²) in [6.45, 7) is 1.59. The van der Waals surface area contributed by atoms with Crippen molar-refractivity contribution >= 4 is 17.5 Å². The molecular weight excluding hydrogens is 275 g/mol. The van der Waals surface area contributed by atoms with Gasteiger partial charge in [0.25, 0.3) is 5.91 Å². The van der Waals surface area contributed by atoms with Crippen molar-refractivity contribution in [1.29, 1.82) is 0 Å². The van der Waals surface area contributed by atoms with Crippen molar-refractivity contribution < 1.29 is 26.8 Å². The highest BCUT2D eigenvalue weighted by molar-refractivity contribution is 6.30. The highest BCUT2D eigenvalue weighted by atomic mass is 35.5. The third kappa shape index (κ3) is 7.37. The number of halogens is 2. The largest absolute Gasteiger partial charge is 1.00 e. The summed E-state index contributed by atoms with van der Waals surface area (Å²) in [5.74, 6) is 0.531. The van der Waals surface area contributed by atoms with Crippen LogP contribution in [0.3, 0.4) is 0 Å². The molecule has 0 unspecified atom stereocenters. The van der Waals surface area contributed by atoms with E-state index >= 15 is 0 Å². The van der Waals surface area contributed by atoms with Gasteiger partial charge in [-0.2, -0.15) is 0 Å². The van der Waals surface area contributed by atoms with Gasteiger partial charge in [0.15, 0.2) is 6.61 Å².